The number of amides is 1. The fourth-order valence-corrected chi connectivity index (χ4v) is 4.60. The topological polar surface area (TPSA) is 51.7 Å². The van der Waals surface area contributed by atoms with Gasteiger partial charge in [0.15, 0.2) is 0 Å². The monoisotopic (exact) mass is 380 g/mol. The smallest absolute Gasteiger partial charge is 0.223 e. The number of fused-ring (bicyclic) bond motifs is 2. The van der Waals surface area contributed by atoms with Crippen molar-refractivity contribution in [3.63, 3.8) is 0 Å². The van der Waals surface area contributed by atoms with E-state index in [1.807, 2.05) is 43.3 Å². The first-order chi connectivity index (χ1) is 13.7. The summed E-state index contributed by atoms with van der Waals surface area (Å²) in [6.07, 6.45) is 7.10. The fraction of sp³-hybridized carbons (Fsp3) is 0.478. The highest BCUT2D eigenvalue weighted by Crippen LogP contribution is 2.37. The Morgan fingerprint density at radius 2 is 1.86 bits per heavy atom. The van der Waals surface area contributed by atoms with Gasteiger partial charge < -0.3 is 14.4 Å². The molecule has 0 N–H and O–H groups in total. The summed E-state index contributed by atoms with van der Waals surface area (Å²) in [6.45, 7) is 2.62. The van der Waals surface area contributed by atoms with Crippen LogP contribution in [0.15, 0.2) is 48.7 Å². The van der Waals surface area contributed by atoms with Crippen LogP contribution in [0.5, 0.6) is 11.6 Å². The summed E-state index contributed by atoms with van der Waals surface area (Å²) >= 11 is 0. The Labute approximate surface area is 166 Å². The Bertz CT molecular complexity index is 781. The van der Waals surface area contributed by atoms with E-state index in [-0.39, 0.29) is 12.0 Å². The van der Waals surface area contributed by atoms with E-state index in [0.29, 0.717) is 31.0 Å². The molecule has 2 bridgehead atoms. The predicted octanol–water partition coefficient (Wildman–Crippen LogP) is 4.01. The molecule has 1 aromatic heterocycles. The minimum absolute atomic E-state index is 0.148. The van der Waals surface area contributed by atoms with Crippen molar-refractivity contribution in [3.8, 4) is 11.6 Å². The second kappa shape index (κ2) is 8.63. The molecule has 0 radical (unpaired) electrons. The molecule has 1 amide bonds. The average Bonchev–Trinajstić information content (AvgIpc) is 2.99. The maximum absolute atomic E-state index is 13.0. The van der Waals surface area contributed by atoms with Crippen LogP contribution in [0.1, 0.15) is 44.6 Å². The molecule has 2 aliphatic heterocycles. The summed E-state index contributed by atoms with van der Waals surface area (Å²) in [5, 5.41) is 0. The highest BCUT2D eigenvalue weighted by Gasteiger charge is 2.43. The molecule has 0 saturated carbocycles. The summed E-state index contributed by atoms with van der Waals surface area (Å²) in [5.41, 5.74) is 1.11. The molecule has 148 valence electrons. The number of piperidine rings is 1. The zero-order chi connectivity index (χ0) is 19.3. The third-order valence-electron chi connectivity index (χ3n) is 5.78. The largest absolute Gasteiger partial charge is 0.494 e. The Kier molecular flexibility index (Phi) is 5.79. The second-order valence-electron chi connectivity index (χ2n) is 7.61. The summed E-state index contributed by atoms with van der Waals surface area (Å²) in [7, 11) is 0. The van der Waals surface area contributed by atoms with Crippen LogP contribution in [0.25, 0.3) is 0 Å². The lowest BCUT2D eigenvalue weighted by molar-refractivity contribution is -0.137. The number of hydrogen-bond acceptors (Lipinski definition) is 4. The van der Waals surface area contributed by atoms with Gasteiger partial charge in [-0.2, -0.15) is 0 Å². The first-order valence-electron chi connectivity index (χ1n) is 10.3. The molecule has 2 fully saturated rings. The number of hydrogen-bond donors (Lipinski definition) is 0. The maximum atomic E-state index is 13.0. The number of pyridine rings is 1. The van der Waals surface area contributed by atoms with Crippen molar-refractivity contribution < 1.29 is 14.3 Å². The lowest BCUT2D eigenvalue weighted by Crippen LogP contribution is -2.49. The van der Waals surface area contributed by atoms with Gasteiger partial charge in [-0.15, -0.1) is 0 Å². The quantitative estimate of drug-likeness (QED) is 0.728. The van der Waals surface area contributed by atoms with E-state index in [0.717, 1.165) is 43.4 Å². The van der Waals surface area contributed by atoms with E-state index in [1.165, 1.54) is 0 Å². The number of para-hydroxylation sites is 1. The Hall–Kier alpha value is -2.56. The third kappa shape index (κ3) is 4.13. The molecule has 0 aliphatic carbocycles. The molecular weight excluding hydrogens is 352 g/mol. The number of carbonyl (C=O) groups is 1. The summed E-state index contributed by atoms with van der Waals surface area (Å²) in [6, 6.07) is 14.3. The van der Waals surface area contributed by atoms with Crippen molar-refractivity contribution in [2.45, 2.75) is 63.6 Å². The van der Waals surface area contributed by atoms with Gasteiger partial charge in [0.05, 0.1) is 6.61 Å². The normalized spacial score (nSPS) is 23.5. The highest BCUT2D eigenvalue weighted by molar-refractivity contribution is 5.77. The van der Waals surface area contributed by atoms with Gasteiger partial charge in [-0.3, -0.25) is 4.79 Å². The number of aromatic nitrogens is 1. The Morgan fingerprint density at radius 3 is 2.57 bits per heavy atom. The first-order valence-corrected chi connectivity index (χ1v) is 10.3. The van der Waals surface area contributed by atoms with E-state index in [4.69, 9.17) is 9.47 Å². The molecule has 2 unspecified atom stereocenters. The molecule has 0 spiro atoms. The van der Waals surface area contributed by atoms with Crippen LogP contribution in [0.3, 0.4) is 0 Å². The van der Waals surface area contributed by atoms with Crippen molar-refractivity contribution in [1.29, 1.82) is 0 Å². The molecule has 3 heterocycles. The maximum Gasteiger partial charge on any atom is 0.223 e. The summed E-state index contributed by atoms with van der Waals surface area (Å²) in [5.74, 6) is 1.83. The minimum atomic E-state index is 0.148. The van der Waals surface area contributed by atoms with Gasteiger partial charge in [0.2, 0.25) is 11.8 Å². The molecule has 4 rings (SSSR count). The van der Waals surface area contributed by atoms with Crippen LogP contribution in [-0.4, -0.2) is 40.6 Å². The molecule has 2 saturated heterocycles. The van der Waals surface area contributed by atoms with Crippen molar-refractivity contribution in [2.75, 3.05) is 6.61 Å². The molecule has 5 heteroatoms. The van der Waals surface area contributed by atoms with Crippen LogP contribution < -0.4 is 9.47 Å². The fourth-order valence-electron chi connectivity index (χ4n) is 4.60. The number of ether oxygens (including phenoxy) is 2. The number of aryl methyl sites for hydroxylation is 1. The van der Waals surface area contributed by atoms with Crippen molar-refractivity contribution in [3.05, 3.63) is 54.2 Å². The zero-order valence-corrected chi connectivity index (χ0v) is 16.4. The van der Waals surface area contributed by atoms with E-state index in [9.17, 15) is 4.79 Å². The molecular formula is C23H28N2O3. The summed E-state index contributed by atoms with van der Waals surface area (Å²) in [4.78, 5) is 19.4. The molecule has 28 heavy (non-hydrogen) atoms. The van der Waals surface area contributed by atoms with Crippen LogP contribution in [0, 0.1) is 0 Å². The lowest BCUT2D eigenvalue weighted by atomic mass is 9.98. The molecule has 1 aromatic carbocycles. The highest BCUT2D eigenvalue weighted by atomic mass is 16.5. The Balaban J connectivity index is 1.35. The number of rotatable bonds is 7. The summed E-state index contributed by atoms with van der Waals surface area (Å²) < 4.78 is 11.8. The van der Waals surface area contributed by atoms with Gasteiger partial charge in [0, 0.05) is 43.6 Å². The lowest BCUT2D eigenvalue weighted by Gasteiger charge is -2.38. The number of benzene rings is 1. The van der Waals surface area contributed by atoms with Gasteiger partial charge in [-0.1, -0.05) is 24.3 Å². The molecule has 2 atom stereocenters. The molecule has 2 aliphatic rings. The second-order valence-corrected chi connectivity index (χ2v) is 7.61. The Morgan fingerprint density at radius 1 is 1.11 bits per heavy atom. The van der Waals surface area contributed by atoms with Gasteiger partial charge in [-0.05, 0) is 43.9 Å². The van der Waals surface area contributed by atoms with Gasteiger partial charge in [0.25, 0.3) is 0 Å². The van der Waals surface area contributed by atoms with Crippen molar-refractivity contribution in [2.24, 2.45) is 0 Å². The number of nitrogens with zero attached hydrogens (tertiary/aromatic N) is 2. The number of carbonyl (C=O) groups excluding carboxylic acids is 1. The van der Waals surface area contributed by atoms with Crippen LogP contribution in [0.4, 0.5) is 0 Å². The SMILES string of the molecule is CCOc1ccccc1CCC(=O)N1C2CCC1CC(Oc1ccccn1)C2. The van der Waals surface area contributed by atoms with Crippen molar-refractivity contribution >= 4 is 5.91 Å². The molecule has 2 aromatic rings. The van der Waals surface area contributed by atoms with Crippen LogP contribution in [-0.2, 0) is 11.2 Å². The van der Waals surface area contributed by atoms with Crippen LogP contribution >= 0.6 is 0 Å². The standard InChI is InChI=1S/C23H28N2O3/c1-2-27-21-8-4-3-7-17(21)10-13-23(26)25-18-11-12-19(25)16-20(15-18)28-22-9-5-6-14-24-22/h3-9,14,18-20H,2,10-13,15-16H2,1H3. The van der Waals surface area contributed by atoms with Crippen molar-refractivity contribution in [1.82, 2.24) is 9.88 Å². The average molecular weight is 380 g/mol. The van der Waals surface area contributed by atoms with Gasteiger partial charge in [0.1, 0.15) is 11.9 Å². The minimum Gasteiger partial charge on any atom is -0.494 e. The van der Waals surface area contributed by atoms with E-state index in [2.05, 4.69) is 16.0 Å². The van der Waals surface area contributed by atoms with Gasteiger partial charge in [-0.25, -0.2) is 4.98 Å². The van der Waals surface area contributed by atoms with E-state index >= 15 is 0 Å². The zero-order valence-electron chi connectivity index (χ0n) is 16.4. The third-order valence-corrected chi connectivity index (χ3v) is 5.78. The van der Waals surface area contributed by atoms with Gasteiger partial charge >= 0.3 is 0 Å². The van der Waals surface area contributed by atoms with E-state index in [1.54, 1.807) is 6.20 Å². The predicted molar refractivity (Wildman–Crippen MR) is 107 cm³/mol. The first kappa shape index (κ1) is 18.8. The van der Waals surface area contributed by atoms with E-state index < -0.39 is 0 Å². The molecule has 5 nitrogen and oxygen atoms in total. The van der Waals surface area contributed by atoms with Crippen LogP contribution in [0.2, 0.25) is 0 Å².